The van der Waals surface area contributed by atoms with Gasteiger partial charge in [0, 0.05) is 6.42 Å². The Bertz CT molecular complexity index is 670. The van der Waals surface area contributed by atoms with Crippen LogP contribution in [0.4, 0.5) is 0 Å². The van der Waals surface area contributed by atoms with E-state index in [1.807, 2.05) is 10.6 Å². The maximum atomic E-state index is 12.3. The molecule has 4 atom stereocenters. The maximum Gasteiger partial charge on any atom is 0.328 e. The first-order valence-electron chi connectivity index (χ1n) is 8.54. The fourth-order valence-corrected chi connectivity index (χ4v) is 2.02. The molecule has 4 unspecified atom stereocenters. The first-order valence-corrected chi connectivity index (χ1v) is 8.54. The summed E-state index contributed by atoms with van der Waals surface area (Å²) in [6.07, 6.45) is -1.30. The largest absolute Gasteiger partial charge is 0.481 e. The van der Waals surface area contributed by atoms with Crippen LogP contribution in [-0.4, -0.2) is 93.4 Å². The molecular weight excluding hydrogens is 410 g/mol. The van der Waals surface area contributed by atoms with Crippen LogP contribution >= 0.6 is 0 Å². The van der Waals surface area contributed by atoms with Crippen LogP contribution in [0.1, 0.15) is 19.3 Å². The summed E-state index contributed by atoms with van der Waals surface area (Å²) >= 11 is 0. The van der Waals surface area contributed by atoms with E-state index in [1.54, 1.807) is 0 Å². The van der Waals surface area contributed by atoms with Crippen LogP contribution in [0.25, 0.3) is 0 Å². The predicted molar refractivity (Wildman–Crippen MR) is 96.3 cm³/mol. The number of aliphatic hydroxyl groups is 2. The van der Waals surface area contributed by atoms with Gasteiger partial charge in [-0.05, 0) is 6.42 Å². The second-order valence-corrected chi connectivity index (χ2v) is 6.10. The summed E-state index contributed by atoms with van der Waals surface area (Å²) < 4.78 is 0. The van der Waals surface area contributed by atoms with Gasteiger partial charge in [-0.3, -0.25) is 24.0 Å². The summed E-state index contributed by atoms with van der Waals surface area (Å²) in [6.45, 7) is -1.96. The summed E-state index contributed by atoms with van der Waals surface area (Å²) in [5.74, 6) is -7.11. The van der Waals surface area contributed by atoms with E-state index in [2.05, 4.69) is 5.32 Å². The molecule has 0 aliphatic rings. The zero-order valence-electron chi connectivity index (χ0n) is 15.7. The minimum Gasteiger partial charge on any atom is -0.481 e. The summed E-state index contributed by atoms with van der Waals surface area (Å²) in [7, 11) is 0. The number of primary amides is 1. The van der Waals surface area contributed by atoms with Crippen LogP contribution in [0.5, 0.6) is 0 Å². The number of rotatable bonds is 14. The lowest BCUT2D eigenvalue weighted by molar-refractivity contribution is -0.144. The van der Waals surface area contributed by atoms with E-state index in [4.69, 9.17) is 26.8 Å². The molecule has 15 nitrogen and oxygen atoms in total. The number of carboxylic acids is 2. The quantitative estimate of drug-likeness (QED) is 0.124. The fraction of sp³-hybridized carbons (Fsp3) is 0.600. The first-order chi connectivity index (χ1) is 13.9. The number of carbonyl (C=O) groups excluding carboxylic acids is 4. The van der Waals surface area contributed by atoms with E-state index in [9.17, 15) is 33.9 Å². The normalized spacial score (nSPS) is 14.5. The van der Waals surface area contributed by atoms with E-state index < -0.39 is 79.4 Å². The van der Waals surface area contributed by atoms with Crippen molar-refractivity contribution in [3.05, 3.63) is 0 Å². The van der Waals surface area contributed by atoms with Crippen molar-refractivity contribution in [2.24, 2.45) is 11.5 Å². The van der Waals surface area contributed by atoms with Gasteiger partial charge in [-0.25, -0.2) is 4.79 Å². The number of carboxylic acid groups (broad SMARTS) is 2. The standard InChI is InChI=1S/C15H25N5O10/c16-6(1-2-10(17)23)12(26)18-7(3-11(24)25)13(27)19-8(4-21)14(28)20-9(5-22)15(29)30/h6-9,21-22H,1-5,16H2,(H2,17,23)(H,18,26)(H,19,27)(H,20,28)(H,24,25)(H,29,30). The van der Waals surface area contributed by atoms with E-state index in [-0.39, 0.29) is 12.8 Å². The Kier molecular flexibility index (Phi) is 11.6. The van der Waals surface area contributed by atoms with E-state index in [0.717, 1.165) is 0 Å². The van der Waals surface area contributed by atoms with Gasteiger partial charge in [-0.15, -0.1) is 0 Å². The summed E-state index contributed by atoms with van der Waals surface area (Å²) in [4.78, 5) is 68.9. The molecule has 0 aromatic heterocycles. The van der Waals surface area contributed by atoms with Gasteiger partial charge < -0.3 is 47.8 Å². The van der Waals surface area contributed by atoms with E-state index >= 15 is 0 Å². The van der Waals surface area contributed by atoms with Crippen LogP contribution in [0.2, 0.25) is 0 Å². The average Bonchev–Trinajstić information content (AvgIpc) is 2.66. The monoisotopic (exact) mass is 435 g/mol. The second kappa shape index (κ2) is 13.0. The van der Waals surface area contributed by atoms with Crippen LogP contribution < -0.4 is 27.4 Å². The van der Waals surface area contributed by atoms with Crippen molar-refractivity contribution in [2.75, 3.05) is 13.2 Å². The Morgan fingerprint density at radius 3 is 1.67 bits per heavy atom. The molecule has 0 radical (unpaired) electrons. The molecule has 0 bridgehead atoms. The minimum absolute atomic E-state index is 0.165. The molecule has 15 heteroatoms. The number of nitrogens with two attached hydrogens (primary N) is 2. The van der Waals surface area contributed by atoms with E-state index in [1.165, 1.54) is 0 Å². The van der Waals surface area contributed by atoms with Gasteiger partial charge in [0.05, 0.1) is 25.7 Å². The molecule has 0 aromatic carbocycles. The molecule has 0 saturated heterocycles. The van der Waals surface area contributed by atoms with Gasteiger partial charge >= 0.3 is 11.9 Å². The highest BCUT2D eigenvalue weighted by molar-refractivity contribution is 5.95. The molecule has 0 saturated carbocycles. The SMILES string of the molecule is NC(=O)CCC(N)C(=O)NC(CC(=O)O)C(=O)NC(CO)C(=O)NC(CO)C(=O)O. The van der Waals surface area contributed by atoms with Crippen molar-refractivity contribution in [1.82, 2.24) is 16.0 Å². The van der Waals surface area contributed by atoms with Crippen molar-refractivity contribution in [1.29, 1.82) is 0 Å². The topological polar surface area (TPSA) is 271 Å². The van der Waals surface area contributed by atoms with Crippen LogP contribution in [0, 0.1) is 0 Å². The van der Waals surface area contributed by atoms with Crippen LogP contribution in [0.15, 0.2) is 0 Å². The number of hydrogen-bond donors (Lipinski definition) is 9. The third-order valence-electron chi connectivity index (χ3n) is 3.66. The van der Waals surface area contributed by atoms with Crippen molar-refractivity contribution < 1.29 is 49.2 Å². The van der Waals surface area contributed by atoms with Gasteiger partial charge in [-0.1, -0.05) is 0 Å². The van der Waals surface area contributed by atoms with Crippen molar-refractivity contribution in [2.45, 2.75) is 43.4 Å². The summed E-state index contributed by atoms with van der Waals surface area (Å²) in [5.41, 5.74) is 10.5. The fourth-order valence-electron chi connectivity index (χ4n) is 2.02. The summed E-state index contributed by atoms with van der Waals surface area (Å²) in [5, 5.41) is 41.8. The summed E-state index contributed by atoms with van der Waals surface area (Å²) in [6, 6.07) is -6.40. The number of carbonyl (C=O) groups is 6. The Balaban J connectivity index is 5.16. The number of aliphatic hydroxyl groups excluding tert-OH is 2. The Labute approximate surface area is 169 Å². The van der Waals surface area contributed by atoms with Gasteiger partial charge in [0.25, 0.3) is 0 Å². The van der Waals surface area contributed by atoms with Crippen molar-refractivity contribution in [3.8, 4) is 0 Å². The molecule has 0 fully saturated rings. The lowest BCUT2D eigenvalue weighted by Gasteiger charge is -2.23. The number of amides is 4. The molecule has 0 rings (SSSR count). The average molecular weight is 435 g/mol. The minimum atomic E-state index is -1.71. The molecule has 0 spiro atoms. The molecule has 0 aromatic rings. The second-order valence-electron chi connectivity index (χ2n) is 6.10. The first kappa shape index (κ1) is 26.7. The Morgan fingerprint density at radius 1 is 0.767 bits per heavy atom. The third-order valence-corrected chi connectivity index (χ3v) is 3.66. The molecule has 4 amide bonds. The van der Waals surface area contributed by atoms with Gasteiger partial charge in [0.1, 0.15) is 18.1 Å². The van der Waals surface area contributed by atoms with Crippen molar-refractivity contribution in [3.63, 3.8) is 0 Å². The number of hydrogen-bond acceptors (Lipinski definition) is 9. The number of aliphatic carboxylic acids is 2. The zero-order chi connectivity index (χ0) is 23.4. The number of nitrogens with one attached hydrogen (secondary N) is 3. The maximum absolute atomic E-state index is 12.3. The highest BCUT2D eigenvalue weighted by Crippen LogP contribution is 2.00. The highest BCUT2D eigenvalue weighted by Gasteiger charge is 2.31. The molecule has 0 heterocycles. The lowest BCUT2D eigenvalue weighted by atomic mass is 10.1. The zero-order valence-corrected chi connectivity index (χ0v) is 15.7. The lowest BCUT2D eigenvalue weighted by Crippen LogP contribution is -2.58. The van der Waals surface area contributed by atoms with Crippen molar-refractivity contribution >= 4 is 35.6 Å². The van der Waals surface area contributed by atoms with Gasteiger partial charge in [-0.2, -0.15) is 0 Å². The third kappa shape index (κ3) is 9.76. The molecule has 0 aliphatic heterocycles. The Hall–Kier alpha value is -3.30. The van der Waals surface area contributed by atoms with Gasteiger partial charge in [0.15, 0.2) is 0 Å². The molecule has 30 heavy (non-hydrogen) atoms. The molecule has 0 aliphatic carbocycles. The predicted octanol–water partition coefficient (Wildman–Crippen LogP) is -5.42. The van der Waals surface area contributed by atoms with Crippen LogP contribution in [0.3, 0.4) is 0 Å². The highest BCUT2D eigenvalue weighted by atomic mass is 16.4. The molecule has 11 N–H and O–H groups in total. The van der Waals surface area contributed by atoms with Gasteiger partial charge in [0.2, 0.25) is 23.6 Å². The Morgan fingerprint density at radius 2 is 1.23 bits per heavy atom. The van der Waals surface area contributed by atoms with Crippen LogP contribution in [-0.2, 0) is 28.8 Å². The molecular formula is C15H25N5O10. The van der Waals surface area contributed by atoms with E-state index in [0.29, 0.717) is 0 Å². The molecule has 170 valence electrons. The smallest absolute Gasteiger partial charge is 0.328 e.